The summed E-state index contributed by atoms with van der Waals surface area (Å²) in [5.74, 6) is -1.23. The van der Waals surface area contributed by atoms with Crippen molar-refractivity contribution < 1.29 is 19.1 Å². The largest absolute Gasteiger partial charge is 0.480 e. The molecule has 5 nitrogen and oxygen atoms in total. The Bertz CT molecular complexity index is 1170. The molecule has 0 saturated heterocycles. The minimum absolute atomic E-state index is 0.00389. The van der Waals surface area contributed by atoms with Crippen molar-refractivity contribution in [3.05, 3.63) is 68.7 Å². The normalized spacial score (nSPS) is 16.5. The van der Waals surface area contributed by atoms with Gasteiger partial charge < -0.3 is 15.0 Å². The first-order valence-electron chi connectivity index (χ1n) is 10.9. The predicted octanol–water partition coefficient (Wildman–Crippen LogP) is 5.03. The van der Waals surface area contributed by atoms with Crippen molar-refractivity contribution in [1.29, 1.82) is 0 Å². The number of fused-ring (bicyclic) bond motifs is 3. The number of amides is 1. The summed E-state index contributed by atoms with van der Waals surface area (Å²) in [6, 6.07) is 11.9. The van der Waals surface area contributed by atoms with E-state index in [-0.39, 0.29) is 17.8 Å². The molecule has 32 heavy (non-hydrogen) atoms. The van der Waals surface area contributed by atoms with Crippen molar-refractivity contribution >= 4 is 45.4 Å². The van der Waals surface area contributed by atoms with Crippen molar-refractivity contribution in [3.63, 3.8) is 0 Å². The number of aromatic nitrogens is 1. The van der Waals surface area contributed by atoms with Gasteiger partial charge in [0.05, 0.1) is 0 Å². The fraction of sp³-hybridized carbons (Fsp3) is 0.360. The fourth-order valence-electron chi connectivity index (χ4n) is 4.76. The van der Waals surface area contributed by atoms with Gasteiger partial charge in [0.1, 0.15) is 11.9 Å². The molecule has 0 spiro atoms. The van der Waals surface area contributed by atoms with Crippen LogP contribution < -0.4 is 5.32 Å². The molecular formula is C25H26FIN2O3. The zero-order valence-corrected chi connectivity index (χ0v) is 20.1. The Morgan fingerprint density at radius 2 is 2.09 bits per heavy atom. The minimum atomic E-state index is -0.887. The second-order valence-corrected chi connectivity index (χ2v) is 9.60. The second-order valence-electron chi connectivity index (χ2n) is 8.36. The highest BCUT2D eigenvalue weighted by atomic mass is 127. The maximum absolute atomic E-state index is 14.1. The SMILES string of the molecule is CCC(C(=O)O)n1c2c(c3cc(F)ccc31)CC(NC(=O)CCc1cccc(I)c1)CC2. The molecule has 1 amide bonds. The zero-order chi connectivity index (χ0) is 22.8. The molecule has 1 heterocycles. The van der Waals surface area contributed by atoms with Crippen LogP contribution in [0.3, 0.4) is 0 Å². The van der Waals surface area contributed by atoms with Crippen LogP contribution in [0.1, 0.15) is 49.0 Å². The van der Waals surface area contributed by atoms with Gasteiger partial charge in [-0.25, -0.2) is 9.18 Å². The molecule has 0 saturated carbocycles. The van der Waals surface area contributed by atoms with E-state index in [0.717, 1.165) is 37.7 Å². The van der Waals surface area contributed by atoms with Crippen LogP contribution in [0.4, 0.5) is 4.39 Å². The lowest BCUT2D eigenvalue weighted by Gasteiger charge is -2.26. The van der Waals surface area contributed by atoms with Crippen LogP contribution in [0, 0.1) is 9.39 Å². The number of nitrogens with one attached hydrogen (secondary N) is 1. The monoisotopic (exact) mass is 548 g/mol. The quantitative estimate of drug-likeness (QED) is 0.407. The van der Waals surface area contributed by atoms with Gasteiger partial charge in [0.25, 0.3) is 0 Å². The first kappa shape index (κ1) is 22.8. The topological polar surface area (TPSA) is 71.3 Å². The van der Waals surface area contributed by atoms with E-state index in [1.165, 1.54) is 12.1 Å². The first-order valence-corrected chi connectivity index (χ1v) is 12.0. The Balaban J connectivity index is 1.54. The highest BCUT2D eigenvalue weighted by Crippen LogP contribution is 2.36. The van der Waals surface area contributed by atoms with Crippen LogP contribution >= 0.6 is 22.6 Å². The maximum Gasteiger partial charge on any atom is 0.326 e. The molecule has 4 rings (SSSR count). The summed E-state index contributed by atoms with van der Waals surface area (Å²) in [5.41, 5.74) is 3.78. The average Bonchev–Trinajstić information content (AvgIpc) is 3.06. The minimum Gasteiger partial charge on any atom is -0.480 e. The van der Waals surface area contributed by atoms with Crippen LogP contribution in [-0.2, 0) is 28.9 Å². The van der Waals surface area contributed by atoms with E-state index >= 15 is 0 Å². The number of nitrogens with zero attached hydrogens (tertiary/aromatic N) is 1. The van der Waals surface area contributed by atoms with Gasteiger partial charge in [-0.3, -0.25) is 4.79 Å². The Hall–Kier alpha value is -2.42. The maximum atomic E-state index is 14.1. The van der Waals surface area contributed by atoms with Crippen molar-refractivity contribution in [2.75, 3.05) is 0 Å². The molecule has 0 bridgehead atoms. The molecule has 7 heteroatoms. The van der Waals surface area contributed by atoms with Gasteiger partial charge in [0, 0.05) is 32.6 Å². The molecule has 2 atom stereocenters. The summed E-state index contributed by atoms with van der Waals surface area (Å²) < 4.78 is 17.1. The van der Waals surface area contributed by atoms with E-state index in [4.69, 9.17) is 0 Å². The molecule has 0 fully saturated rings. The number of carbonyl (C=O) groups is 2. The Labute approximate surface area is 200 Å². The number of carboxylic acids is 1. The number of aliphatic carboxylic acids is 1. The van der Waals surface area contributed by atoms with E-state index in [2.05, 4.69) is 34.0 Å². The Morgan fingerprint density at radius 3 is 2.81 bits per heavy atom. The second kappa shape index (κ2) is 9.60. The molecule has 1 aliphatic rings. The summed E-state index contributed by atoms with van der Waals surface area (Å²) in [4.78, 5) is 24.5. The predicted molar refractivity (Wildman–Crippen MR) is 130 cm³/mol. The van der Waals surface area contributed by atoms with E-state index < -0.39 is 12.0 Å². The number of hydrogen-bond acceptors (Lipinski definition) is 2. The summed E-state index contributed by atoms with van der Waals surface area (Å²) in [6.07, 6.45) is 3.50. The van der Waals surface area contributed by atoms with Crippen molar-refractivity contribution in [1.82, 2.24) is 9.88 Å². The highest BCUT2D eigenvalue weighted by Gasteiger charge is 2.30. The fourth-order valence-corrected chi connectivity index (χ4v) is 5.37. The number of rotatable bonds is 7. The molecule has 3 aromatic rings. The number of benzene rings is 2. The number of hydrogen-bond donors (Lipinski definition) is 2. The third kappa shape index (κ3) is 4.67. The van der Waals surface area contributed by atoms with E-state index in [1.807, 2.05) is 29.7 Å². The van der Waals surface area contributed by atoms with Crippen LogP contribution in [0.5, 0.6) is 0 Å². The molecular weight excluding hydrogens is 522 g/mol. The summed E-state index contributed by atoms with van der Waals surface area (Å²) in [7, 11) is 0. The lowest BCUT2D eigenvalue weighted by molar-refractivity contribution is -0.141. The van der Waals surface area contributed by atoms with Crippen molar-refractivity contribution in [2.45, 2.75) is 57.5 Å². The third-order valence-corrected chi connectivity index (χ3v) is 6.91. The molecule has 2 N–H and O–H groups in total. The van der Waals surface area contributed by atoms with Gasteiger partial charge in [0.2, 0.25) is 5.91 Å². The first-order chi connectivity index (χ1) is 15.4. The molecule has 168 valence electrons. The lowest BCUT2D eigenvalue weighted by Crippen LogP contribution is -2.39. The third-order valence-electron chi connectivity index (χ3n) is 6.24. The molecule has 0 aliphatic heterocycles. The standard InChI is InChI=1S/C25H26FIN2O3/c1-2-21(25(31)32)29-22-9-7-16(26)13-19(22)20-14-18(8-10-23(20)29)28-24(30)11-6-15-4-3-5-17(27)12-15/h3-5,7,9,12-13,18,21H,2,6,8,10-11,14H2,1H3,(H,28,30)(H,31,32). The van der Waals surface area contributed by atoms with Gasteiger partial charge in [-0.2, -0.15) is 0 Å². The summed E-state index contributed by atoms with van der Waals surface area (Å²) in [5, 5.41) is 13.6. The van der Waals surface area contributed by atoms with Crippen molar-refractivity contribution in [3.8, 4) is 0 Å². The van der Waals surface area contributed by atoms with Gasteiger partial charge in [-0.15, -0.1) is 0 Å². The number of aryl methyl sites for hydroxylation is 1. The van der Waals surface area contributed by atoms with Gasteiger partial charge in [-0.05, 0) is 96.2 Å². The van der Waals surface area contributed by atoms with E-state index in [0.29, 0.717) is 32.1 Å². The smallest absolute Gasteiger partial charge is 0.326 e. The summed E-state index contributed by atoms with van der Waals surface area (Å²) in [6.45, 7) is 1.85. The number of carbonyl (C=O) groups excluding carboxylic acids is 1. The molecule has 1 aliphatic carbocycles. The van der Waals surface area contributed by atoms with Gasteiger partial charge >= 0.3 is 5.97 Å². The van der Waals surface area contributed by atoms with E-state index in [1.54, 1.807) is 6.07 Å². The van der Waals surface area contributed by atoms with Crippen molar-refractivity contribution in [2.24, 2.45) is 0 Å². The Morgan fingerprint density at radius 1 is 1.28 bits per heavy atom. The van der Waals surface area contributed by atoms with Gasteiger partial charge in [-0.1, -0.05) is 19.1 Å². The number of carboxylic acid groups (broad SMARTS) is 1. The lowest BCUT2D eigenvalue weighted by atomic mass is 9.91. The molecule has 2 aromatic carbocycles. The molecule has 1 aromatic heterocycles. The highest BCUT2D eigenvalue weighted by molar-refractivity contribution is 14.1. The van der Waals surface area contributed by atoms with Crippen LogP contribution in [0.25, 0.3) is 10.9 Å². The van der Waals surface area contributed by atoms with Crippen LogP contribution in [0.15, 0.2) is 42.5 Å². The van der Waals surface area contributed by atoms with E-state index in [9.17, 15) is 19.1 Å². The van der Waals surface area contributed by atoms with Crippen LogP contribution in [-0.4, -0.2) is 27.6 Å². The molecule has 2 unspecified atom stereocenters. The molecule has 0 radical (unpaired) electrons. The summed E-state index contributed by atoms with van der Waals surface area (Å²) >= 11 is 2.26. The average molecular weight is 548 g/mol. The van der Waals surface area contributed by atoms with Crippen LogP contribution in [0.2, 0.25) is 0 Å². The Kier molecular flexibility index (Phi) is 6.83. The van der Waals surface area contributed by atoms with Gasteiger partial charge in [0.15, 0.2) is 0 Å². The number of halogens is 2. The zero-order valence-electron chi connectivity index (χ0n) is 17.9.